The van der Waals surface area contributed by atoms with Gasteiger partial charge in [0.15, 0.2) is 5.82 Å². The summed E-state index contributed by atoms with van der Waals surface area (Å²) in [4.78, 5) is 28.9. The number of hydrogen-bond donors (Lipinski definition) is 6. The lowest BCUT2D eigenvalue weighted by Crippen LogP contribution is -2.30. The number of carbonyl (C=O) groups excluding carboxylic acids is 2. The number of aliphatic hydroxyl groups is 2. The SMILES string of the molecule is CN1CCn2nc(N/C(=C/C(=N)c3cccc(NC(=O)c4cc5c(s4)CC(C)(C)C5O)c3CO)C(N)=O)cc2C1. The third-order valence-corrected chi connectivity index (χ3v) is 8.54. The molecular formula is C28H33N7O4S. The number of rotatable bonds is 8. The summed E-state index contributed by atoms with van der Waals surface area (Å²) >= 11 is 1.35. The number of nitrogens with one attached hydrogen (secondary N) is 3. The van der Waals surface area contributed by atoms with Crippen molar-refractivity contribution in [3.8, 4) is 0 Å². The number of fused-ring (bicyclic) bond motifs is 2. The average Bonchev–Trinajstić information content (AvgIpc) is 3.55. The van der Waals surface area contributed by atoms with Crippen LogP contribution in [-0.4, -0.2) is 56.0 Å². The lowest BCUT2D eigenvalue weighted by molar-refractivity contribution is -0.114. The maximum Gasteiger partial charge on any atom is 0.265 e. The van der Waals surface area contributed by atoms with E-state index >= 15 is 0 Å². The van der Waals surface area contributed by atoms with Crippen LogP contribution in [0, 0.1) is 10.8 Å². The minimum absolute atomic E-state index is 0.0262. The molecule has 12 heteroatoms. The first-order valence-electron chi connectivity index (χ1n) is 12.9. The Hall–Kier alpha value is -3.84. The molecule has 2 aliphatic rings. The molecule has 3 heterocycles. The van der Waals surface area contributed by atoms with Crippen molar-refractivity contribution in [2.75, 3.05) is 24.2 Å². The van der Waals surface area contributed by atoms with E-state index in [1.807, 2.05) is 31.6 Å². The number of allylic oxidation sites excluding steroid dienone is 1. The van der Waals surface area contributed by atoms with Crippen LogP contribution in [0.25, 0.3) is 0 Å². The zero-order chi connectivity index (χ0) is 28.8. The van der Waals surface area contributed by atoms with Gasteiger partial charge in [-0.2, -0.15) is 5.10 Å². The van der Waals surface area contributed by atoms with Crippen LogP contribution in [0.5, 0.6) is 0 Å². The summed E-state index contributed by atoms with van der Waals surface area (Å²) in [6, 6.07) is 8.49. The molecule has 7 N–H and O–H groups in total. The summed E-state index contributed by atoms with van der Waals surface area (Å²) < 4.78 is 1.87. The topological polar surface area (TPSA) is 170 Å². The summed E-state index contributed by atoms with van der Waals surface area (Å²) in [7, 11) is 2.02. The Kier molecular flexibility index (Phi) is 7.36. The minimum atomic E-state index is -0.765. The van der Waals surface area contributed by atoms with Crippen LogP contribution < -0.4 is 16.4 Å². The van der Waals surface area contributed by atoms with Gasteiger partial charge in [-0.25, -0.2) is 0 Å². The number of hydrogen-bond acceptors (Lipinski definition) is 9. The molecule has 40 heavy (non-hydrogen) atoms. The van der Waals surface area contributed by atoms with Gasteiger partial charge in [0.25, 0.3) is 11.8 Å². The number of carbonyl (C=O) groups is 2. The van der Waals surface area contributed by atoms with E-state index in [9.17, 15) is 19.8 Å². The van der Waals surface area contributed by atoms with Crippen molar-refractivity contribution in [1.82, 2.24) is 14.7 Å². The van der Waals surface area contributed by atoms with Crippen LogP contribution in [0.4, 0.5) is 11.5 Å². The first-order valence-corrected chi connectivity index (χ1v) is 13.8. The van der Waals surface area contributed by atoms with E-state index in [-0.39, 0.29) is 22.7 Å². The highest BCUT2D eigenvalue weighted by atomic mass is 32.1. The van der Waals surface area contributed by atoms with Crippen molar-refractivity contribution in [3.63, 3.8) is 0 Å². The summed E-state index contributed by atoms with van der Waals surface area (Å²) in [5, 5.41) is 39.7. The summed E-state index contributed by atoms with van der Waals surface area (Å²) in [5.74, 6) is -0.686. The van der Waals surface area contributed by atoms with E-state index in [0.717, 1.165) is 35.8 Å². The zero-order valence-corrected chi connectivity index (χ0v) is 23.4. The highest BCUT2D eigenvalue weighted by molar-refractivity contribution is 7.14. The molecule has 11 nitrogen and oxygen atoms in total. The lowest BCUT2D eigenvalue weighted by atomic mass is 9.88. The predicted octanol–water partition coefficient (Wildman–Crippen LogP) is 2.60. The van der Waals surface area contributed by atoms with Gasteiger partial charge >= 0.3 is 0 Å². The van der Waals surface area contributed by atoms with Crippen LogP contribution in [0.3, 0.4) is 0 Å². The van der Waals surface area contributed by atoms with Crippen molar-refractivity contribution in [1.29, 1.82) is 5.41 Å². The second kappa shape index (κ2) is 10.6. The Balaban J connectivity index is 1.36. The second-order valence-electron chi connectivity index (χ2n) is 10.9. The van der Waals surface area contributed by atoms with Gasteiger partial charge in [0.2, 0.25) is 0 Å². The van der Waals surface area contributed by atoms with Crippen molar-refractivity contribution >= 4 is 40.4 Å². The molecule has 0 bridgehead atoms. The van der Waals surface area contributed by atoms with E-state index < -0.39 is 18.6 Å². The smallest absolute Gasteiger partial charge is 0.265 e. The zero-order valence-electron chi connectivity index (χ0n) is 22.6. The molecule has 1 aliphatic carbocycles. The molecule has 0 saturated heterocycles. The number of primary amides is 1. The number of aliphatic hydroxyl groups excluding tert-OH is 2. The van der Waals surface area contributed by atoms with Gasteiger partial charge in [-0.05, 0) is 42.7 Å². The van der Waals surface area contributed by atoms with Crippen molar-refractivity contribution in [2.24, 2.45) is 11.1 Å². The Labute approximate surface area is 235 Å². The third-order valence-electron chi connectivity index (χ3n) is 7.39. The van der Waals surface area contributed by atoms with E-state index in [0.29, 0.717) is 33.9 Å². The fourth-order valence-electron chi connectivity index (χ4n) is 5.15. The van der Waals surface area contributed by atoms with Crippen LogP contribution in [0.2, 0.25) is 0 Å². The molecular weight excluding hydrogens is 530 g/mol. The molecule has 0 fully saturated rings. The molecule has 210 valence electrons. The molecule has 0 saturated carbocycles. The normalized spacial score (nSPS) is 18.2. The van der Waals surface area contributed by atoms with Crippen molar-refractivity contribution < 1.29 is 19.8 Å². The largest absolute Gasteiger partial charge is 0.392 e. The molecule has 1 atom stereocenters. The number of nitrogens with zero attached hydrogens (tertiary/aromatic N) is 3. The van der Waals surface area contributed by atoms with E-state index in [1.165, 1.54) is 17.4 Å². The molecule has 1 aromatic carbocycles. The average molecular weight is 564 g/mol. The summed E-state index contributed by atoms with van der Waals surface area (Å²) in [6.07, 6.45) is 1.35. The van der Waals surface area contributed by atoms with E-state index in [4.69, 9.17) is 11.1 Å². The van der Waals surface area contributed by atoms with Gasteiger partial charge in [0.05, 0.1) is 35.5 Å². The molecule has 2 aromatic heterocycles. The number of amides is 2. The first-order chi connectivity index (χ1) is 19.0. The Morgan fingerprint density at radius 1 is 1.27 bits per heavy atom. The van der Waals surface area contributed by atoms with E-state index in [1.54, 1.807) is 24.3 Å². The summed E-state index contributed by atoms with van der Waals surface area (Å²) in [6.45, 7) is 5.86. The van der Waals surface area contributed by atoms with Crippen LogP contribution in [0.15, 0.2) is 42.1 Å². The van der Waals surface area contributed by atoms with Crippen LogP contribution in [-0.2, 0) is 30.9 Å². The molecule has 1 aliphatic heterocycles. The maximum absolute atomic E-state index is 13.1. The van der Waals surface area contributed by atoms with Gasteiger partial charge in [0, 0.05) is 40.8 Å². The van der Waals surface area contributed by atoms with Crippen LogP contribution in [0.1, 0.15) is 56.9 Å². The Morgan fingerprint density at radius 2 is 2.05 bits per heavy atom. The van der Waals surface area contributed by atoms with E-state index in [2.05, 4.69) is 20.6 Å². The van der Waals surface area contributed by atoms with Gasteiger partial charge in [-0.15, -0.1) is 11.3 Å². The molecule has 2 amide bonds. The number of nitrogens with two attached hydrogens (primary N) is 1. The Morgan fingerprint density at radius 3 is 2.75 bits per heavy atom. The molecule has 0 radical (unpaired) electrons. The number of aromatic nitrogens is 2. The van der Waals surface area contributed by atoms with Crippen molar-refractivity contribution in [3.05, 3.63) is 74.2 Å². The fourth-order valence-corrected chi connectivity index (χ4v) is 6.48. The monoisotopic (exact) mass is 563 g/mol. The number of benzene rings is 1. The number of thiophene rings is 1. The first kappa shape index (κ1) is 27.7. The molecule has 1 unspecified atom stereocenters. The number of anilines is 2. The number of likely N-dealkylation sites (N-methyl/N-ethyl adjacent to an activating group) is 1. The maximum atomic E-state index is 13.1. The van der Waals surface area contributed by atoms with Gasteiger partial charge < -0.3 is 32.0 Å². The molecule has 5 rings (SSSR count). The highest BCUT2D eigenvalue weighted by Crippen LogP contribution is 2.48. The third kappa shape index (κ3) is 5.30. The molecule has 0 spiro atoms. The lowest BCUT2D eigenvalue weighted by Gasteiger charge is -2.22. The standard InChI is InChI=1S/C28H33N7O4S/c1-28(2)12-23-17(25(28)37)10-22(40-23)27(39)32-20-6-4-5-16(18(20)14-36)19(29)11-21(26(30)38)31-24-9-15-13-34(3)7-8-35(15)33-24/h4-6,9-11,25,29,36-37H,7-8,12-14H2,1-3H3,(H2,30,38)(H,31,33)(H,32,39)/b21-11+,29-19?. The highest BCUT2D eigenvalue weighted by Gasteiger charge is 2.40. The van der Waals surface area contributed by atoms with Gasteiger partial charge in [-0.1, -0.05) is 26.0 Å². The second-order valence-corrected chi connectivity index (χ2v) is 12.1. The predicted molar refractivity (Wildman–Crippen MR) is 153 cm³/mol. The quantitative estimate of drug-likeness (QED) is 0.181. The molecule has 3 aromatic rings. The van der Waals surface area contributed by atoms with Gasteiger partial charge in [-0.3, -0.25) is 19.2 Å². The fraction of sp³-hybridized carbons (Fsp3) is 0.357. The Bertz CT molecular complexity index is 1540. The van der Waals surface area contributed by atoms with Crippen LogP contribution >= 0.6 is 11.3 Å². The van der Waals surface area contributed by atoms with Crippen molar-refractivity contribution in [2.45, 2.75) is 46.1 Å². The minimum Gasteiger partial charge on any atom is -0.392 e. The van der Waals surface area contributed by atoms with Gasteiger partial charge in [0.1, 0.15) is 5.70 Å². The summed E-state index contributed by atoms with van der Waals surface area (Å²) in [5.41, 5.74) is 8.01.